The topological polar surface area (TPSA) is 84.2 Å². The fraction of sp³-hybridized carbons (Fsp3) is 0.583. The molecule has 0 unspecified atom stereocenters. The van der Waals surface area contributed by atoms with Gasteiger partial charge in [0.15, 0.2) is 5.82 Å². The van der Waals surface area contributed by atoms with Crippen LogP contribution in [0.4, 0.5) is 19.0 Å². The third-order valence-corrected chi connectivity index (χ3v) is 3.71. The number of hydrogen-bond acceptors (Lipinski definition) is 3. The van der Waals surface area contributed by atoms with Gasteiger partial charge in [0.1, 0.15) is 11.1 Å². The number of carbonyl (C=O) groups is 2. The second-order valence-electron chi connectivity index (χ2n) is 5.08. The Kier molecular flexibility index (Phi) is 3.68. The van der Waals surface area contributed by atoms with Crippen molar-refractivity contribution in [3.05, 3.63) is 11.8 Å². The highest BCUT2D eigenvalue weighted by atomic mass is 19.4. The van der Waals surface area contributed by atoms with Crippen LogP contribution in [0.1, 0.15) is 31.4 Å². The minimum Gasteiger partial charge on any atom is -0.480 e. The molecule has 0 saturated heterocycles. The van der Waals surface area contributed by atoms with Gasteiger partial charge in [-0.3, -0.25) is 14.3 Å². The normalized spacial score (nSPS) is 17.7. The van der Waals surface area contributed by atoms with E-state index in [9.17, 15) is 27.9 Å². The Labute approximate surface area is 117 Å². The molecule has 2 rings (SSSR count). The van der Waals surface area contributed by atoms with Crippen LogP contribution in [0.2, 0.25) is 0 Å². The number of halogens is 3. The summed E-state index contributed by atoms with van der Waals surface area (Å²) in [5.41, 5.74) is -2.59. The van der Waals surface area contributed by atoms with E-state index in [1.54, 1.807) is 0 Å². The van der Waals surface area contributed by atoms with Gasteiger partial charge in [-0.1, -0.05) is 12.8 Å². The number of aliphatic carboxylic acids is 1. The number of carbonyl (C=O) groups excluding carboxylic acids is 1. The van der Waals surface area contributed by atoms with Crippen molar-refractivity contribution in [3.8, 4) is 0 Å². The van der Waals surface area contributed by atoms with Crippen LogP contribution in [0.5, 0.6) is 0 Å². The molecule has 1 aliphatic rings. The van der Waals surface area contributed by atoms with Crippen molar-refractivity contribution in [3.63, 3.8) is 0 Å². The number of nitrogens with zero attached hydrogens (tertiary/aromatic N) is 2. The van der Waals surface area contributed by atoms with Crippen LogP contribution >= 0.6 is 0 Å². The van der Waals surface area contributed by atoms with Crippen molar-refractivity contribution < 1.29 is 27.9 Å². The molecule has 116 valence electrons. The van der Waals surface area contributed by atoms with Gasteiger partial charge in [0.05, 0.1) is 0 Å². The number of carboxylic acids is 1. The van der Waals surface area contributed by atoms with Gasteiger partial charge in [-0.15, -0.1) is 0 Å². The summed E-state index contributed by atoms with van der Waals surface area (Å²) in [6.07, 6.45) is -3.06. The molecule has 0 bridgehead atoms. The first-order valence-electron chi connectivity index (χ1n) is 6.33. The van der Waals surface area contributed by atoms with E-state index < -0.39 is 29.2 Å². The Balaban J connectivity index is 2.22. The molecular weight excluding hydrogens is 291 g/mol. The zero-order valence-corrected chi connectivity index (χ0v) is 11.2. The maximum Gasteiger partial charge on any atom is 0.433 e. The molecule has 0 atom stereocenters. The molecule has 6 nitrogen and oxygen atoms in total. The van der Waals surface area contributed by atoms with E-state index in [-0.39, 0.29) is 18.7 Å². The third-order valence-electron chi connectivity index (χ3n) is 3.71. The molecule has 1 heterocycles. The first-order valence-corrected chi connectivity index (χ1v) is 6.33. The Morgan fingerprint density at radius 3 is 2.38 bits per heavy atom. The predicted molar refractivity (Wildman–Crippen MR) is 65.4 cm³/mol. The number of rotatable bonds is 3. The van der Waals surface area contributed by atoms with Crippen molar-refractivity contribution in [2.75, 3.05) is 5.32 Å². The van der Waals surface area contributed by atoms with Gasteiger partial charge in [-0.05, 0) is 12.8 Å². The smallest absolute Gasteiger partial charge is 0.433 e. The zero-order valence-electron chi connectivity index (χ0n) is 11.2. The van der Waals surface area contributed by atoms with E-state index >= 15 is 0 Å². The number of amides is 1. The average Bonchev–Trinajstić information content (AvgIpc) is 2.95. The first-order chi connectivity index (χ1) is 9.67. The Morgan fingerprint density at radius 1 is 1.38 bits per heavy atom. The average molecular weight is 305 g/mol. The van der Waals surface area contributed by atoms with E-state index in [2.05, 4.69) is 10.4 Å². The highest BCUT2D eigenvalue weighted by Crippen LogP contribution is 2.39. The second-order valence-corrected chi connectivity index (χ2v) is 5.08. The number of nitrogens with one attached hydrogen (secondary N) is 1. The van der Waals surface area contributed by atoms with Crippen molar-refractivity contribution in [2.24, 2.45) is 12.5 Å². The maximum atomic E-state index is 12.6. The SMILES string of the molecule is Cn1nc(NC(=O)C2(C(=O)O)CCCC2)cc1C(F)(F)F. The van der Waals surface area contributed by atoms with Crippen LogP contribution in [-0.4, -0.2) is 26.8 Å². The summed E-state index contributed by atoms with van der Waals surface area (Å²) in [5.74, 6) is -2.38. The highest BCUT2D eigenvalue weighted by Gasteiger charge is 2.48. The largest absolute Gasteiger partial charge is 0.480 e. The summed E-state index contributed by atoms with van der Waals surface area (Å²) in [6.45, 7) is 0. The number of carboxylic acid groups (broad SMARTS) is 1. The fourth-order valence-corrected chi connectivity index (χ4v) is 2.55. The van der Waals surface area contributed by atoms with Gasteiger partial charge in [-0.25, -0.2) is 0 Å². The fourth-order valence-electron chi connectivity index (χ4n) is 2.55. The minimum absolute atomic E-state index is 0.174. The summed E-state index contributed by atoms with van der Waals surface area (Å²) in [7, 11) is 1.10. The summed E-state index contributed by atoms with van der Waals surface area (Å²) in [6, 6.07) is 0.683. The van der Waals surface area contributed by atoms with Crippen molar-refractivity contribution in [1.29, 1.82) is 0 Å². The Morgan fingerprint density at radius 2 is 1.95 bits per heavy atom. The number of aryl methyl sites for hydroxylation is 1. The molecule has 1 saturated carbocycles. The zero-order chi connectivity index (χ0) is 15.8. The van der Waals surface area contributed by atoms with Crippen LogP contribution in [0, 0.1) is 5.41 Å². The number of aromatic nitrogens is 2. The minimum atomic E-state index is -4.59. The third kappa shape index (κ3) is 2.72. The molecule has 9 heteroatoms. The molecule has 1 aromatic rings. The molecule has 0 radical (unpaired) electrons. The molecule has 1 aliphatic carbocycles. The van der Waals surface area contributed by atoms with Crippen molar-refractivity contribution >= 4 is 17.7 Å². The van der Waals surface area contributed by atoms with E-state index in [1.807, 2.05) is 0 Å². The van der Waals surface area contributed by atoms with Gasteiger partial charge in [0.25, 0.3) is 0 Å². The maximum absolute atomic E-state index is 12.6. The number of hydrogen-bond donors (Lipinski definition) is 2. The van der Waals surface area contributed by atoms with Gasteiger partial charge in [0, 0.05) is 13.1 Å². The van der Waals surface area contributed by atoms with Crippen LogP contribution in [0.25, 0.3) is 0 Å². The number of anilines is 1. The molecule has 0 aliphatic heterocycles. The predicted octanol–water partition coefficient (Wildman–Crippen LogP) is 2.02. The van der Waals surface area contributed by atoms with Crippen molar-refractivity contribution in [1.82, 2.24) is 9.78 Å². The highest BCUT2D eigenvalue weighted by molar-refractivity contribution is 6.08. The number of alkyl halides is 3. The van der Waals surface area contributed by atoms with Gasteiger partial charge in [0.2, 0.25) is 5.91 Å². The molecule has 1 amide bonds. The van der Waals surface area contributed by atoms with E-state index in [4.69, 9.17) is 0 Å². The van der Waals surface area contributed by atoms with Crippen LogP contribution < -0.4 is 5.32 Å². The molecule has 21 heavy (non-hydrogen) atoms. The monoisotopic (exact) mass is 305 g/mol. The van der Waals surface area contributed by atoms with E-state index in [1.165, 1.54) is 0 Å². The lowest BCUT2D eigenvalue weighted by Gasteiger charge is -2.21. The first kappa shape index (κ1) is 15.3. The standard InChI is InChI=1S/C12H14F3N3O3/c1-18-7(12(13,14)15)6-8(17-18)16-9(19)11(10(20)21)4-2-3-5-11/h6H,2-5H2,1H3,(H,20,21)(H,16,17,19). The Hall–Kier alpha value is -2.06. The summed E-state index contributed by atoms with van der Waals surface area (Å²) in [4.78, 5) is 23.4. The second kappa shape index (κ2) is 5.05. The lowest BCUT2D eigenvalue weighted by Crippen LogP contribution is -2.40. The van der Waals surface area contributed by atoms with Gasteiger partial charge < -0.3 is 10.4 Å². The lowest BCUT2D eigenvalue weighted by molar-refractivity contribution is -0.153. The van der Waals surface area contributed by atoms with Gasteiger partial charge in [-0.2, -0.15) is 18.3 Å². The Bertz CT molecular complexity index is 574. The molecule has 0 spiro atoms. The van der Waals surface area contributed by atoms with Crippen molar-refractivity contribution in [2.45, 2.75) is 31.9 Å². The quantitative estimate of drug-likeness (QED) is 0.837. The molecule has 1 fully saturated rings. The summed E-state index contributed by atoms with van der Waals surface area (Å²) in [5, 5.41) is 15.0. The van der Waals surface area contributed by atoms with E-state index in [0.29, 0.717) is 23.6 Å². The van der Waals surface area contributed by atoms with Crippen LogP contribution in [-0.2, 0) is 22.8 Å². The molecule has 2 N–H and O–H groups in total. The van der Waals surface area contributed by atoms with Crippen LogP contribution in [0.3, 0.4) is 0 Å². The van der Waals surface area contributed by atoms with Crippen LogP contribution in [0.15, 0.2) is 6.07 Å². The summed E-state index contributed by atoms with van der Waals surface area (Å²) < 4.78 is 38.5. The molecule has 0 aromatic carbocycles. The molecule has 1 aromatic heterocycles. The lowest BCUT2D eigenvalue weighted by atomic mass is 9.85. The van der Waals surface area contributed by atoms with Gasteiger partial charge >= 0.3 is 12.1 Å². The summed E-state index contributed by atoms with van der Waals surface area (Å²) >= 11 is 0. The van der Waals surface area contributed by atoms with E-state index in [0.717, 1.165) is 7.05 Å². The molecular formula is C12H14F3N3O3.